The van der Waals surface area contributed by atoms with Crippen molar-refractivity contribution >= 4 is 23.9 Å². The number of isocyanates is 1. The van der Waals surface area contributed by atoms with Crippen LogP contribution in [0.15, 0.2) is 121 Å². The number of hydrogen-bond acceptors (Lipinski definition) is 10. The number of alkyl halides is 12. The normalized spacial score (nSPS) is 13.1. The van der Waals surface area contributed by atoms with Crippen LogP contribution < -0.4 is 11.1 Å². The minimum atomic E-state index is -4.45. The molecule has 11 nitrogen and oxygen atoms in total. The fourth-order valence-electron chi connectivity index (χ4n) is 6.28. The van der Waals surface area contributed by atoms with Gasteiger partial charge in [-0.2, -0.15) is 57.7 Å². The lowest BCUT2D eigenvalue weighted by atomic mass is 10.0. The Morgan fingerprint density at radius 1 is 0.600 bits per heavy atom. The highest BCUT2D eigenvalue weighted by molar-refractivity contribution is 5.95. The van der Waals surface area contributed by atoms with Gasteiger partial charge in [-0.1, -0.05) is 76.2 Å². The van der Waals surface area contributed by atoms with E-state index in [1.165, 1.54) is 67.0 Å². The number of aromatic nitrogens is 2. The summed E-state index contributed by atoms with van der Waals surface area (Å²) >= 11 is 0. The van der Waals surface area contributed by atoms with E-state index in [1.807, 2.05) is 6.92 Å². The summed E-state index contributed by atoms with van der Waals surface area (Å²) in [5.74, 6) is -0.616. The molecule has 4 aromatic carbocycles. The van der Waals surface area contributed by atoms with Crippen molar-refractivity contribution in [2.24, 2.45) is 10.7 Å². The highest BCUT2D eigenvalue weighted by Crippen LogP contribution is 2.33. The van der Waals surface area contributed by atoms with Crippen LogP contribution in [-0.2, 0) is 50.2 Å². The van der Waals surface area contributed by atoms with Gasteiger partial charge in [-0.3, -0.25) is 4.79 Å². The number of amides is 1. The molecular formula is C52H55F12N5O6. The number of carbonyl (C=O) groups is 3. The molecule has 1 aromatic heterocycles. The molecule has 0 bridgehead atoms. The van der Waals surface area contributed by atoms with Crippen LogP contribution in [0, 0.1) is 0 Å². The minimum absolute atomic E-state index is 0.0864. The van der Waals surface area contributed by atoms with Crippen LogP contribution in [0.5, 0.6) is 0 Å². The van der Waals surface area contributed by atoms with Crippen molar-refractivity contribution in [3.05, 3.63) is 166 Å². The summed E-state index contributed by atoms with van der Waals surface area (Å²) in [6.45, 7) is 10.4. The van der Waals surface area contributed by atoms with Crippen LogP contribution in [0.3, 0.4) is 0 Å². The minimum Gasteiger partial charge on any atom is -0.460 e. The SMILES string of the molecule is CCC(=O)c1ccc(C(F)(F)F)cc1.CCC(N)c1ccc(C(F)(F)F)cc1.CCC(N=C=O)c1ccc(C(F)(F)F)cc1.CCC(NC(=O)OC(Cc1ncccn1)C(=O)OC(C)C)c1ccc(C(F)(F)F)cc1. The Kier molecular flexibility index (Phi) is 25.3. The Balaban J connectivity index is 0.000000369. The third-order valence-corrected chi connectivity index (χ3v) is 10.4. The molecule has 0 saturated carbocycles. The van der Waals surface area contributed by atoms with Gasteiger partial charge in [0.15, 0.2) is 5.78 Å². The third-order valence-electron chi connectivity index (χ3n) is 10.4. The van der Waals surface area contributed by atoms with Crippen molar-refractivity contribution in [1.29, 1.82) is 0 Å². The Hall–Kier alpha value is -7.13. The van der Waals surface area contributed by atoms with Crippen molar-refractivity contribution in [3.63, 3.8) is 0 Å². The van der Waals surface area contributed by atoms with Gasteiger partial charge in [0.05, 0.1) is 46.9 Å². The first-order valence-electron chi connectivity index (χ1n) is 23.0. The first-order valence-corrected chi connectivity index (χ1v) is 23.0. The summed E-state index contributed by atoms with van der Waals surface area (Å²) in [6, 6.07) is 18.7. The number of benzene rings is 4. The second-order valence-corrected chi connectivity index (χ2v) is 16.2. The Labute approximate surface area is 425 Å². The zero-order valence-electron chi connectivity index (χ0n) is 41.3. The van der Waals surface area contributed by atoms with Crippen LogP contribution >= 0.6 is 0 Å². The maximum Gasteiger partial charge on any atom is 0.416 e. The van der Waals surface area contributed by atoms with E-state index < -0.39 is 83.3 Å². The number of rotatable bonds is 15. The van der Waals surface area contributed by atoms with Crippen molar-refractivity contribution in [1.82, 2.24) is 15.3 Å². The van der Waals surface area contributed by atoms with Gasteiger partial charge in [-0.05, 0) is 104 Å². The molecule has 4 atom stereocenters. The van der Waals surface area contributed by atoms with Crippen LogP contribution in [0.2, 0.25) is 0 Å². The van der Waals surface area contributed by atoms with E-state index in [0.29, 0.717) is 42.4 Å². The van der Waals surface area contributed by atoms with E-state index in [-0.39, 0.29) is 24.1 Å². The van der Waals surface area contributed by atoms with Crippen LogP contribution in [0.1, 0.15) is 140 Å². The molecule has 3 N–H and O–H groups in total. The van der Waals surface area contributed by atoms with E-state index in [0.717, 1.165) is 54.1 Å². The average Bonchev–Trinajstić information content (AvgIpc) is 3.36. The van der Waals surface area contributed by atoms with Crippen LogP contribution in [-0.4, -0.2) is 46.1 Å². The number of ether oxygens (including phenoxy) is 2. The zero-order chi connectivity index (χ0) is 56.7. The number of aliphatic imine (C=N–C) groups is 1. The summed E-state index contributed by atoms with van der Waals surface area (Å²) in [5, 5.41) is 2.57. The lowest BCUT2D eigenvalue weighted by molar-refractivity contribution is -0.157. The summed E-state index contributed by atoms with van der Waals surface area (Å²) in [6.07, 6.45) is -13.8. The van der Waals surface area contributed by atoms with Crippen molar-refractivity contribution in [2.45, 2.75) is 129 Å². The highest BCUT2D eigenvalue weighted by Gasteiger charge is 2.33. The highest BCUT2D eigenvalue weighted by atomic mass is 19.4. The lowest BCUT2D eigenvalue weighted by Gasteiger charge is -2.21. The zero-order valence-corrected chi connectivity index (χ0v) is 41.3. The number of esters is 1. The van der Waals surface area contributed by atoms with E-state index in [9.17, 15) is 71.9 Å². The quantitative estimate of drug-likeness (QED) is 0.0341. The molecule has 0 radical (unpaired) electrons. The van der Waals surface area contributed by atoms with Crippen molar-refractivity contribution in [3.8, 4) is 0 Å². The number of Topliss-reactive ketones (excluding diaryl/α,β-unsaturated/α-hetero) is 1. The number of ketones is 1. The summed E-state index contributed by atoms with van der Waals surface area (Å²) in [4.78, 5) is 57.6. The van der Waals surface area contributed by atoms with Gasteiger partial charge in [0.25, 0.3) is 0 Å². The largest absolute Gasteiger partial charge is 0.460 e. The van der Waals surface area contributed by atoms with Gasteiger partial charge in [0.2, 0.25) is 12.2 Å². The molecule has 0 aliphatic rings. The standard InChI is InChI=1S/C21H24F3N3O4.C11H10F3NO.C10H12F3N.C10H9F3O/c1-4-16(14-6-8-15(9-7-14)21(22,23)24)27-20(29)31-17(19(28)30-13(2)3)12-18-25-10-5-11-26-18;1-2-10(15-7-16)8-3-5-9(6-4-8)11(12,13)14;2*1-2-9(14)7-3-5-8(6-4-7)10(11,12)13/h5-11,13,16-17H,4,12H2,1-3H3,(H,27,29);3-6,10H,2H2,1H3;3-6,9H,2,14H2,1H3;3-6H,2H2,1H3. The first-order chi connectivity index (χ1) is 35.0. The predicted octanol–water partition coefficient (Wildman–Crippen LogP) is 14.1. The number of hydrogen-bond donors (Lipinski definition) is 2. The van der Waals surface area contributed by atoms with Gasteiger partial charge in [0.1, 0.15) is 5.82 Å². The van der Waals surface area contributed by atoms with E-state index >= 15 is 0 Å². The number of carbonyl (C=O) groups excluding carboxylic acids is 4. The fraction of sp³-hybridized carbons (Fsp3) is 0.385. The second-order valence-electron chi connectivity index (χ2n) is 16.2. The van der Waals surface area contributed by atoms with Crippen molar-refractivity contribution in [2.75, 3.05) is 0 Å². The van der Waals surface area contributed by atoms with Crippen LogP contribution in [0.4, 0.5) is 57.5 Å². The molecule has 0 fully saturated rings. The Morgan fingerprint density at radius 3 is 1.37 bits per heavy atom. The van der Waals surface area contributed by atoms with Crippen LogP contribution in [0.25, 0.3) is 0 Å². The lowest BCUT2D eigenvalue weighted by Crippen LogP contribution is -2.38. The van der Waals surface area contributed by atoms with Gasteiger partial charge >= 0.3 is 36.8 Å². The first kappa shape index (κ1) is 64.0. The number of nitrogens with zero attached hydrogens (tertiary/aromatic N) is 3. The maximum absolute atomic E-state index is 12.8. The van der Waals surface area contributed by atoms with E-state index in [2.05, 4.69) is 20.3 Å². The molecule has 23 heteroatoms. The molecule has 0 aliphatic heterocycles. The molecule has 0 spiro atoms. The molecule has 5 aromatic rings. The Bertz CT molecular complexity index is 2550. The molecular weight excluding hydrogens is 1020 g/mol. The predicted molar refractivity (Wildman–Crippen MR) is 252 cm³/mol. The molecule has 5 rings (SSSR count). The second kappa shape index (κ2) is 29.7. The molecule has 408 valence electrons. The number of nitrogens with two attached hydrogens (primary N) is 1. The molecule has 1 heterocycles. The molecule has 75 heavy (non-hydrogen) atoms. The summed E-state index contributed by atoms with van der Waals surface area (Å²) < 4.78 is 158. The average molecular weight is 1070 g/mol. The molecule has 1 amide bonds. The third kappa shape index (κ3) is 22.5. The molecule has 0 aliphatic carbocycles. The van der Waals surface area contributed by atoms with Gasteiger partial charge in [0, 0.05) is 30.4 Å². The smallest absolute Gasteiger partial charge is 0.416 e. The van der Waals surface area contributed by atoms with E-state index in [1.54, 1.807) is 40.7 Å². The Morgan fingerprint density at radius 2 is 1.01 bits per heavy atom. The maximum atomic E-state index is 12.8. The number of alkyl carbamates (subject to hydrolysis) is 1. The fourth-order valence-corrected chi connectivity index (χ4v) is 6.28. The molecule has 0 saturated heterocycles. The monoisotopic (exact) mass is 1070 g/mol. The van der Waals surface area contributed by atoms with E-state index in [4.69, 9.17) is 15.2 Å². The summed E-state index contributed by atoms with van der Waals surface area (Å²) in [7, 11) is 0. The number of nitrogens with one attached hydrogen (secondary N) is 1. The van der Waals surface area contributed by atoms with Gasteiger partial charge in [-0.15, -0.1) is 0 Å². The molecule has 4 unspecified atom stereocenters. The number of halogens is 12. The summed E-state index contributed by atoms with van der Waals surface area (Å²) in [5.41, 5.74) is 4.93. The van der Waals surface area contributed by atoms with Gasteiger partial charge in [-0.25, -0.2) is 24.4 Å². The van der Waals surface area contributed by atoms with Crippen molar-refractivity contribution < 1.29 is 81.3 Å². The van der Waals surface area contributed by atoms with Gasteiger partial charge < -0.3 is 20.5 Å². The topological polar surface area (TPSA) is 163 Å².